The van der Waals surface area contributed by atoms with Crippen LogP contribution in [0, 0.1) is 29.6 Å². The summed E-state index contributed by atoms with van der Waals surface area (Å²) in [6.07, 6.45) is 11.1. The number of hydrogen-bond acceptors (Lipinski definition) is 5. The van der Waals surface area contributed by atoms with E-state index in [4.69, 9.17) is 0 Å². The van der Waals surface area contributed by atoms with Gasteiger partial charge in [-0.3, -0.25) is 18.8 Å². The van der Waals surface area contributed by atoms with E-state index in [0.717, 1.165) is 56.8 Å². The van der Waals surface area contributed by atoms with Crippen LogP contribution in [0.15, 0.2) is 24.3 Å². The Morgan fingerprint density at radius 1 is 0.949 bits per heavy atom. The van der Waals surface area contributed by atoms with E-state index in [1.807, 2.05) is 11.8 Å². The minimum Gasteiger partial charge on any atom is -0.332 e. The second kappa shape index (κ2) is 13.0. The van der Waals surface area contributed by atoms with Crippen LogP contribution in [0.3, 0.4) is 0 Å². The van der Waals surface area contributed by atoms with Gasteiger partial charge >= 0.3 is 0 Å². The van der Waals surface area contributed by atoms with E-state index in [-0.39, 0.29) is 42.5 Å². The average Bonchev–Trinajstić information content (AvgIpc) is 3.38. The highest BCUT2D eigenvalue weighted by molar-refractivity contribution is 7.91. The number of rotatable bonds is 10. The number of amides is 1. The number of nitrogens with zero attached hydrogens (tertiary/aromatic N) is 1. The molecule has 1 saturated heterocycles. The minimum atomic E-state index is -3.42. The Bertz CT molecular complexity index is 1120. The molecule has 2 saturated carbocycles. The lowest BCUT2D eigenvalue weighted by Crippen LogP contribution is -2.48. The molecule has 3 aliphatic rings. The molecule has 8 heteroatoms. The Kier molecular flexibility index (Phi) is 10.00. The summed E-state index contributed by atoms with van der Waals surface area (Å²) < 4.78 is 36.2. The fourth-order valence-corrected chi connectivity index (χ4v) is 7.91. The molecule has 1 heterocycles. The Balaban J connectivity index is 1.47. The number of benzene rings is 1. The number of alkyl halides is 1. The highest BCUT2D eigenvalue weighted by Gasteiger charge is 2.46. The number of sulfone groups is 1. The molecule has 1 amide bonds. The van der Waals surface area contributed by atoms with Crippen molar-refractivity contribution in [3.05, 3.63) is 35.4 Å². The van der Waals surface area contributed by atoms with Crippen molar-refractivity contribution in [3.63, 3.8) is 0 Å². The first-order chi connectivity index (χ1) is 18.6. The van der Waals surface area contributed by atoms with Crippen molar-refractivity contribution in [3.8, 4) is 0 Å². The number of carbonyl (C=O) groups is 3. The van der Waals surface area contributed by atoms with Crippen molar-refractivity contribution >= 4 is 27.3 Å². The van der Waals surface area contributed by atoms with E-state index in [1.54, 1.807) is 24.3 Å². The third kappa shape index (κ3) is 7.56. The molecule has 3 atom stereocenters. The Morgan fingerprint density at radius 2 is 1.59 bits per heavy atom. The van der Waals surface area contributed by atoms with Crippen molar-refractivity contribution < 1.29 is 27.2 Å². The molecule has 0 aromatic heterocycles. The maximum absolute atomic E-state index is 13.9. The van der Waals surface area contributed by atoms with Crippen molar-refractivity contribution in [2.75, 3.05) is 25.2 Å². The summed E-state index contributed by atoms with van der Waals surface area (Å²) in [5.41, 5.74) is 1.07. The fraction of sp³-hybridized carbons (Fsp3) is 0.710. The zero-order valence-electron chi connectivity index (χ0n) is 23.4. The maximum atomic E-state index is 13.9. The van der Waals surface area contributed by atoms with Crippen molar-refractivity contribution in [1.82, 2.24) is 4.90 Å². The van der Waals surface area contributed by atoms with E-state index in [1.165, 1.54) is 19.3 Å². The van der Waals surface area contributed by atoms with Crippen LogP contribution in [-0.4, -0.2) is 62.1 Å². The molecule has 0 bridgehead atoms. The molecule has 1 aromatic carbocycles. The predicted octanol–water partition coefficient (Wildman–Crippen LogP) is 5.23. The molecule has 39 heavy (non-hydrogen) atoms. The number of hydrogen-bond donors (Lipinski definition) is 0. The fourth-order valence-electron chi connectivity index (χ4n) is 7.26. The van der Waals surface area contributed by atoms with Gasteiger partial charge in [0.25, 0.3) is 0 Å². The molecule has 1 aliphatic heterocycles. The van der Waals surface area contributed by atoms with Crippen LogP contribution in [0.5, 0.6) is 0 Å². The van der Waals surface area contributed by atoms with Gasteiger partial charge in [-0.1, -0.05) is 63.3 Å². The molecule has 6 nitrogen and oxygen atoms in total. The molecule has 1 aromatic rings. The molecular formula is C31H44FNO5S. The highest BCUT2D eigenvalue weighted by atomic mass is 32.2. The molecule has 0 spiro atoms. The van der Waals surface area contributed by atoms with Gasteiger partial charge in [0.05, 0.1) is 12.7 Å². The van der Waals surface area contributed by atoms with E-state index in [2.05, 4.69) is 0 Å². The van der Waals surface area contributed by atoms with Gasteiger partial charge in [-0.15, -0.1) is 0 Å². The number of ketones is 2. The van der Waals surface area contributed by atoms with Gasteiger partial charge in [0.1, 0.15) is 5.75 Å². The summed E-state index contributed by atoms with van der Waals surface area (Å²) in [4.78, 5) is 41.8. The molecule has 0 unspecified atom stereocenters. The summed E-state index contributed by atoms with van der Waals surface area (Å²) in [5, 5.41) is 0. The van der Waals surface area contributed by atoms with Gasteiger partial charge in [-0.05, 0) is 61.3 Å². The maximum Gasteiger partial charge on any atom is 0.226 e. The SMILES string of the molecule is C[C@H](CF)C1CCC(C(=O)N2CC[C@@H](C3CCCCC3)[C@H]2C(=O)Cc2ccc(C(=O)CS(C)(=O)=O)cc2)CC1. The van der Waals surface area contributed by atoms with E-state index < -0.39 is 27.4 Å². The van der Waals surface area contributed by atoms with Crippen LogP contribution in [0.1, 0.15) is 87.1 Å². The first-order valence-corrected chi connectivity index (χ1v) is 16.8. The lowest BCUT2D eigenvalue weighted by molar-refractivity contribution is -0.143. The summed E-state index contributed by atoms with van der Waals surface area (Å²) >= 11 is 0. The number of carbonyl (C=O) groups excluding carboxylic acids is 3. The summed E-state index contributed by atoms with van der Waals surface area (Å²) in [6, 6.07) is 6.19. The van der Waals surface area contributed by atoms with Crippen molar-refractivity contribution in [1.29, 1.82) is 0 Å². The molecule has 0 N–H and O–H groups in total. The monoisotopic (exact) mass is 561 g/mol. The third-order valence-corrected chi connectivity index (χ3v) is 10.3. The van der Waals surface area contributed by atoms with Crippen LogP contribution in [0.2, 0.25) is 0 Å². The molecule has 0 radical (unpaired) electrons. The van der Waals surface area contributed by atoms with E-state index >= 15 is 0 Å². The lowest BCUT2D eigenvalue weighted by Gasteiger charge is -2.37. The van der Waals surface area contributed by atoms with Crippen molar-refractivity contribution in [2.45, 2.75) is 83.6 Å². The quantitative estimate of drug-likeness (QED) is 0.365. The number of likely N-dealkylation sites (tertiary alicyclic amines) is 1. The Morgan fingerprint density at radius 3 is 2.18 bits per heavy atom. The van der Waals surface area contributed by atoms with Crippen molar-refractivity contribution in [2.24, 2.45) is 29.6 Å². The normalized spacial score (nSPS) is 27.3. The van der Waals surface area contributed by atoms with E-state index in [9.17, 15) is 27.2 Å². The van der Waals surface area contributed by atoms with Gasteiger partial charge in [0.2, 0.25) is 5.91 Å². The zero-order valence-corrected chi connectivity index (χ0v) is 24.3. The average molecular weight is 562 g/mol. The second-order valence-electron chi connectivity index (χ2n) is 12.4. The van der Waals surface area contributed by atoms with Crippen LogP contribution in [0.4, 0.5) is 4.39 Å². The Hall–Kier alpha value is -2.09. The molecule has 3 fully saturated rings. The van der Waals surface area contributed by atoms with Crippen LogP contribution >= 0.6 is 0 Å². The van der Waals surface area contributed by atoms with Gasteiger partial charge in [-0.25, -0.2) is 8.42 Å². The van der Waals surface area contributed by atoms with Crippen LogP contribution in [0.25, 0.3) is 0 Å². The summed E-state index contributed by atoms with van der Waals surface area (Å²) in [6.45, 7) is 2.25. The largest absolute Gasteiger partial charge is 0.332 e. The van der Waals surface area contributed by atoms with Crippen LogP contribution in [-0.2, 0) is 25.8 Å². The summed E-state index contributed by atoms with van der Waals surface area (Å²) in [5.74, 6) is 0.0593. The second-order valence-corrected chi connectivity index (χ2v) is 14.5. The summed E-state index contributed by atoms with van der Waals surface area (Å²) in [7, 11) is -3.42. The topological polar surface area (TPSA) is 88.6 Å². The zero-order chi connectivity index (χ0) is 28.2. The lowest BCUT2D eigenvalue weighted by atomic mass is 9.74. The van der Waals surface area contributed by atoms with Crippen LogP contribution < -0.4 is 0 Å². The molecule has 2 aliphatic carbocycles. The van der Waals surface area contributed by atoms with Gasteiger partial charge in [0, 0.05) is 30.7 Å². The standard InChI is InChI=1S/C31H44FNO5S/c1-21(19-32)23-12-14-26(15-13-23)31(36)33-17-16-27(24-6-4-3-5-7-24)30(33)28(34)18-22-8-10-25(11-9-22)29(35)20-39(2,37)38/h8-11,21,23-24,26-27,30H,3-7,12-20H2,1-2H3/t21-,23?,26?,27+,30+/m1/s1. The van der Waals surface area contributed by atoms with Gasteiger partial charge in [0.15, 0.2) is 21.4 Å². The van der Waals surface area contributed by atoms with E-state index in [0.29, 0.717) is 23.9 Å². The molecular weight excluding hydrogens is 517 g/mol. The number of Topliss-reactive ketones (excluding diaryl/α,β-unsaturated/α-hetero) is 2. The predicted molar refractivity (Wildman–Crippen MR) is 150 cm³/mol. The first-order valence-electron chi connectivity index (χ1n) is 14.8. The van der Waals surface area contributed by atoms with Gasteiger partial charge in [-0.2, -0.15) is 0 Å². The molecule has 4 rings (SSSR count). The first kappa shape index (κ1) is 29.9. The smallest absolute Gasteiger partial charge is 0.226 e. The third-order valence-electron chi connectivity index (χ3n) is 9.53. The number of halogens is 1. The highest BCUT2D eigenvalue weighted by Crippen LogP contribution is 2.42. The Labute approximate surface area is 233 Å². The minimum absolute atomic E-state index is 0.0332. The van der Waals surface area contributed by atoms with Gasteiger partial charge < -0.3 is 4.90 Å². The molecule has 216 valence electrons.